The summed E-state index contributed by atoms with van der Waals surface area (Å²) >= 11 is 0. The van der Waals surface area contributed by atoms with Crippen molar-refractivity contribution >= 4 is 49.6 Å². The van der Waals surface area contributed by atoms with Gasteiger partial charge in [-0.05, 0) is 0 Å². The third-order valence-electron chi connectivity index (χ3n) is 7.22. The van der Waals surface area contributed by atoms with E-state index in [1.54, 1.807) is 0 Å². The molecule has 3 aliphatic heterocycles. The van der Waals surface area contributed by atoms with Crippen LogP contribution in [0.4, 0.5) is 16.0 Å². The molecule has 236 valence electrons. The minimum Gasteiger partial charge on any atom is -0.387 e. The summed E-state index contributed by atoms with van der Waals surface area (Å²) in [5, 5.41) is 11.0. The lowest BCUT2D eigenvalue weighted by atomic mass is 10.1. The van der Waals surface area contributed by atoms with E-state index in [0.717, 1.165) is 23.5 Å². The fraction of sp³-hybridized carbons (Fsp3) is 0.500. The van der Waals surface area contributed by atoms with Gasteiger partial charge in [0.2, 0.25) is 0 Å². The van der Waals surface area contributed by atoms with Gasteiger partial charge in [-0.25, -0.2) is 43.4 Å². The number of hydrogen-bond donors (Lipinski definition) is 5. The van der Waals surface area contributed by atoms with Crippen LogP contribution in [0.1, 0.15) is 12.5 Å². The number of halogens is 1. The SMILES string of the molecule is Nc1ncnc2c1ncn2[C@H]1O[C@H]2COP(=O)(O)O[C@H]3[C@@H](O)[C@H](COP(=O)(O)O[C@@H]2[C@@H]1F)O[C@@H]3n1cnc2c(N)ncnc21. The third kappa shape index (κ3) is 5.03. The Labute approximate surface area is 244 Å². The van der Waals surface area contributed by atoms with Crippen LogP contribution in [-0.4, -0.2) is 104 Å². The Kier molecular flexibility index (Phi) is 7.14. The Morgan fingerprint density at radius 2 is 1.27 bits per heavy atom. The van der Waals surface area contributed by atoms with Gasteiger partial charge in [0.05, 0.1) is 25.9 Å². The summed E-state index contributed by atoms with van der Waals surface area (Å²) in [6.07, 6.45) is -8.72. The molecule has 4 aromatic rings. The number of aliphatic hydroxyl groups excluding tert-OH is 1. The Morgan fingerprint density at radius 3 is 1.86 bits per heavy atom. The van der Waals surface area contributed by atoms with Gasteiger partial charge in [0.15, 0.2) is 41.6 Å². The largest absolute Gasteiger partial charge is 0.472 e. The van der Waals surface area contributed by atoms with Crippen LogP contribution >= 0.6 is 15.6 Å². The maximum absolute atomic E-state index is 15.9. The van der Waals surface area contributed by atoms with Crippen molar-refractivity contribution in [3.63, 3.8) is 0 Å². The Balaban J connectivity index is 1.20. The number of ether oxygens (including phenoxy) is 2. The molecule has 24 heteroatoms. The second-order valence-electron chi connectivity index (χ2n) is 9.90. The molecule has 0 radical (unpaired) electrons. The highest BCUT2D eigenvalue weighted by Gasteiger charge is 2.54. The molecule has 4 aromatic heterocycles. The zero-order valence-electron chi connectivity index (χ0n) is 22.0. The van der Waals surface area contributed by atoms with E-state index in [2.05, 4.69) is 29.9 Å². The minimum absolute atomic E-state index is 0.00729. The Hall–Kier alpha value is -3.27. The molecule has 0 spiro atoms. The number of phosphoric acid groups is 2. The molecule has 2 bridgehead atoms. The van der Waals surface area contributed by atoms with Crippen molar-refractivity contribution in [2.45, 2.75) is 49.1 Å². The molecular formula is C20H23FN10O11P2. The molecule has 44 heavy (non-hydrogen) atoms. The average molecular weight is 660 g/mol. The van der Waals surface area contributed by atoms with Crippen LogP contribution in [0.2, 0.25) is 0 Å². The monoisotopic (exact) mass is 660 g/mol. The zero-order chi connectivity index (χ0) is 31.0. The van der Waals surface area contributed by atoms with Crippen molar-refractivity contribution in [1.29, 1.82) is 0 Å². The molecule has 7 rings (SSSR count). The van der Waals surface area contributed by atoms with Crippen molar-refractivity contribution in [2.24, 2.45) is 0 Å². The lowest BCUT2D eigenvalue weighted by Gasteiger charge is -2.25. The first-order valence-electron chi connectivity index (χ1n) is 12.7. The Bertz CT molecular complexity index is 1830. The van der Waals surface area contributed by atoms with E-state index in [4.69, 9.17) is 39.0 Å². The maximum atomic E-state index is 15.9. The molecule has 10 atom stereocenters. The normalized spacial score (nSPS) is 38.3. The average Bonchev–Trinajstić information content (AvgIpc) is 3.73. The molecule has 21 nitrogen and oxygen atoms in total. The van der Waals surface area contributed by atoms with E-state index in [-0.39, 0.29) is 34.0 Å². The molecule has 2 unspecified atom stereocenters. The van der Waals surface area contributed by atoms with Gasteiger partial charge in [-0.2, -0.15) is 0 Å². The quantitative estimate of drug-likeness (QED) is 0.167. The number of nitrogen functional groups attached to an aromatic ring is 2. The summed E-state index contributed by atoms with van der Waals surface area (Å²) in [5.41, 5.74) is 12.1. The number of hydrogen-bond acceptors (Lipinski definition) is 17. The zero-order valence-corrected chi connectivity index (χ0v) is 23.7. The first-order valence-corrected chi connectivity index (χ1v) is 15.7. The lowest BCUT2D eigenvalue weighted by Crippen LogP contribution is -2.35. The van der Waals surface area contributed by atoms with Crippen LogP contribution in [0.5, 0.6) is 0 Å². The molecule has 3 saturated heterocycles. The van der Waals surface area contributed by atoms with Crippen molar-refractivity contribution < 1.29 is 56.0 Å². The number of imidazole rings is 2. The molecule has 0 aromatic carbocycles. The summed E-state index contributed by atoms with van der Waals surface area (Å²) in [6.45, 7) is -1.68. The molecule has 0 amide bonds. The molecule has 0 saturated carbocycles. The summed E-state index contributed by atoms with van der Waals surface area (Å²) in [7, 11) is -10.2. The second-order valence-corrected chi connectivity index (χ2v) is 12.7. The second kappa shape index (κ2) is 10.7. The number of phosphoric ester groups is 2. The molecule has 7 heterocycles. The van der Waals surface area contributed by atoms with Crippen LogP contribution in [0.15, 0.2) is 25.3 Å². The van der Waals surface area contributed by atoms with Crippen LogP contribution in [0.25, 0.3) is 22.3 Å². The number of aliphatic hydroxyl groups is 1. The van der Waals surface area contributed by atoms with E-state index in [1.165, 1.54) is 10.9 Å². The Morgan fingerprint density at radius 1 is 0.773 bits per heavy atom. The van der Waals surface area contributed by atoms with Crippen molar-refractivity contribution in [3.8, 4) is 0 Å². The highest BCUT2D eigenvalue weighted by atomic mass is 31.2. The molecule has 0 aliphatic carbocycles. The number of aromatic nitrogens is 8. The van der Waals surface area contributed by atoms with Crippen LogP contribution in [0.3, 0.4) is 0 Å². The van der Waals surface area contributed by atoms with E-state index in [0.29, 0.717) is 0 Å². The fourth-order valence-electron chi connectivity index (χ4n) is 5.19. The van der Waals surface area contributed by atoms with Crippen molar-refractivity contribution in [3.05, 3.63) is 25.3 Å². The minimum atomic E-state index is -5.10. The predicted octanol–water partition coefficient (Wildman–Crippen LogP) is -0.658. The molecule has 7 N–H and O–H groups in total. The molecule has 3 fully saturated rings. The van der Waals surface area contributed by atoms with Gasteiger partial charge in [-0.3, -0.25) is 27.2 Å². The van der Waals surface area contributed by atoms with E-state index in [1.807, 2.05) is 0 Å². The highest BCUT2D eigenvalue weighted by molar-refractivity contribution is 7.47. The molecular weight excluding hydrogens is 637 g/mol. The number of nitrogens with two attached hydrogens (primary N) is 2. The predicted molar refractivity (Wildman–Crippen MR) is 139 cm³/mol. The maximum Gasteiger partial charge on any atom is 0.472 e. The number of rotatable bonds is 2. The van der Waals surface area contributed by atoms with Gasteiger partial charge in [0.25, 0.3) is 0 Å². The summed E-state index contributed by atoms with van der Waals surface area (Å²) in [5.74, 6) is 0.0318. The third-order valence-corrected chi connectivity index (χ3v) is 9.19. The van der Waals surface area contributed by atoms with Gasteiger partial charge in [0, 0.05) is 0 Å². The van der Waals surface area contributed by atoms with Crippen LogP contribution in [-0.2, 0) is 36.7 Å². The standard InChI is InChI=1S/C20H23FN10O11P2/c21-9-13-8(40-19(9)30-5-28-10-15(22)24-3-26-17(10)30)2-38-44(35,36)42-14-12(32)7(1-37-43(33,34)41-13)39-20(14)31-6-29-11-16(23)25-4-27-18(11)31/h3-9,12-14,19-20,32H,1-2H2,(H,33,34)(H,35,36)(H2,22,24,26)(H2,23,25,27)/t7-,8-,9-,12-,13-,14-,19-,20-/m0/s1. The van der Waals surface area contributed by atoms with Crippen molar-refractivity contribution in [2.75, 3.05) is 24.7 Å². The highest BCUT2D eigenvalue weighted by Crippen LogP contribution is 2.54. The number of nitrogens with zero attached hydrogens (tertiary/aromatic N) is 8. The van der Waals surface area contributed by atoms with Gasteiger partial charge >= 0.3 is 15.6 Å². The van der Waals surface area contributed by atoms with E-state index < -0.39 is 78.0 Å². The van der Waals surface area contributed by atoms with Gasteiger partial charge in [-0.15, -0.1) is 0 Å². The smallest absolute Gasteiger partial charge is 0.387 e. The summed E-state index contributed by atoms with van der Waals surface area (Å²) < 4.78 is 76.6. The van der Waals surface area contributed by atoms with Crippen LogP contribution < -0.4 is 11.5 Å². The topological polar surface area (TPSA) is 289 Å². The number of fused-ring (bicyclic) bond motifs is 5. The first kappa shape index (κ1) is 29.4. The fourth-order valence-corrected chi connectivity index (χ4v) is 7.08. The van der Waals surface area contributed by atoms with Crippen LogP contribution in [0, 0.1) is 0 Å². The summed E-state index contributed by atoms with van der Waals surface area (Å²) in [4.78, 5) is 45.1. The lowest BCUT2D eigenvalue weighted by molar-refractivity contribution is -0.0671. The van der Waals surface area contributed by atoms with Crippen molar-refractivity contribution in [1.82, 2.24) is 39.0 Å². The first-order chi connectivity index (χ1) is 20.9. The van der Waals surface area contributed by atoms with Gasteiger partial charge in [-0.1, -0.05) is 0 Å². The number of anilines is 2. The van der Waals surface area contributed by atoms with E-state index in [9.17, 15) is 24.0 Å². The van der Waals surface area contributed by atoms with Gasteiger partial charge in [0.1, 0.15) is 54.2 Å². The number of alkyl halides is 1. The van der Waals surface area contributed by atoms with E-state index >= 15 is 4.39 Å². The molecule has 3 aliphatic rings. The summed E-state index contributed by atoms with van der Waals surface area (Å²) in [6, 6.07) is 0. The van der Waals surface area contributed by atoms with Gasteiger partial charge < -0.3 is 35.8 Å².